The first-order chi connectivity index (χ1) is 18.2. The molecule has 4 rings (SSSR count). The summed E-state index contributed by atoms with van der Waals surface area (Å²) in [6.45, 7) is 3.78. The number of benzene rings is 1. The quantitative estimate of drug-likeness (QED) is 0.243. The van der Waals surface area contributed by atoms with Gasteiger partial charge in [-0.2, -0.15) is 0 Å². The van der Waals surface area contributed by atoms with Gasteiger partial charge in [0.25, 0.3) is 0 Å². The van der Waals surface area contributed by atoms with Crippen LogP contribution >= 0.6 is 0 Å². The second kappa shape index (κ2) is 11.2. The van der Waals surface area contributed by atoms with Crippen LogP contribution in [-0.2, 0) is 29.0 Å². The van der Waals surface area contributed by atoms with Gasteiger partial charge in [0, 0.05) is 35.9 Å². The maximum atomic E-state index is 13.1. The molecule has 1 aliphatic heterocycles. The van der Waals surface area contributed by atoms with E-state index in [9.17, 15) is 19.8 Å². The van der Waals surface area contributed by atoms with E-state index in [1.54, 1.807) is 32.3 Å². The van der Waals surface area contributed by atoms with Crippen LogP contribution in [0.4, 0.5) is 5.82 Å². The number of esters is 1. The van der Waals surface area contributed by atoms with Crippen LogP contribution in [0.2, 0.25) is 0 Å². The number of rotatable bonds is 9. The normalized spacial score (nSPS) is 19.2. The molecule has 0 fully saturated rings. The Kier molecular flexibility index (Phi) is 8.03. The average molecular weight is 524 g/mol. The number of aryl methyl sites for hydroxylation is 1. The molecule has 3 heterocycles. The number of phenols is 1. The largest absolute Gasteiger partial charge is 0.507 e. The Hall–Kier alpha value is -3.89. The number of nitrogens with two attached hydrogens (primary N) is 1. The van der Waals surface area contributed by atoms with Crippen molar-refractivity contribution < 1.29 is 28.9 Å². The van der Waals surface area contributed by atoms with Gasteiger partial charge in [-0.15, -0.1) is 0 Å². The maximum absolute atomic E-state index is 13.1. The summed E-state index contributed by atoms with van der Waals surface area (Å²) < 4.78 is 18.1. The third kappa shape index (κ3) is 5.51. The van der Waals surface area contributed by atoms with E-state index in [0.29, 0.717) is 48.5 Å². The number of hydrogen-bond donors (Lipinski definition) is 4. The molecule has 0 aliphatic carbocycles. The number of aromatic hydroxyl groups is 1. The van der Waals surface area contributed by atoms with Crippen molar-refractivity contribution >= 4 is 22.8 Å². The predicted octanol–water partition coefficient (Wildman–Crippen LogP) is 2.76. The van der Waals surface area contributed by atoms with E-state index in [0.717, 1.165) is 11.6 Å². The highest BCUT2D eigenvalue weighted by atomic mass is 16.6. The van der Waals surface area contributed by atoms with Crippen molar-refractivity contribution in [1.82, 2.24) is 10.3 Å². The Labute approximate surface area is 220 Å². The number of carbonyl (C=O) groups is 1. The van der Waals surface area contributed by atoms with Gasteiger partial charge in [-0.25, -0.2) is 9.78 Å². The van der Waals surface area contributed by atoms with E-state index in [4.69, 9.17) is 19.6 Å². The summed E-state index contributed by atoms with van der Waals surface area (Å²) in [7, 11) is 1.81. The molecule has 2 atom stereocenters. The fourth-order valence-electron chi connectivity index (χ4n) is 4.64. The fraction of sp³-hybridized carbons (Fsp3) is 0.393. The molecule has 10 heteroatoms. The van der Waals surface area contributed by atoms with Crippen LogP contribution in [0, 0.1) is 0 Å². The molecule has 0 amide bonds. The van der Waals surface area contributed by atoms with Crippen LogP contribution in [0.3, 0.4) is 0 Å². The third-order valence-electron chi connectivity index (χ3n) is 6.94. The van der Waals surface area contributed by atoms with Crippen LogP contribution in [0.1, 0.15) is 43.6 Å². The second-order valence-electron chi connectivity index (χ2n) is 9.58. The van der Waals surface area contributed by atoms with Crippen molar-refractivity contribution in [2.24, 2.45) is 0 Å². The first-order valence-electron chi connectivity index (χ1n) is 12.5. The number of aliphatic hydroxyl groups excluding tert-OH is 1. The number of fused-ring (bicyclic) bond motifs is 2. The monoisotopic (exact) mass is 523 g/mol. The molecule has 2 aromatic heterocycles. The number of aliphatic hydroxyl groups is 1. The van der Waals surface area contributed by atoms with Gasteiger partial charge in [0.05, 0.1) is 0 Å². The van der Waals surface area contributed by atoms with E-state index < -0.39 is 29.7 Å². The summed E-state index contributed by atoms with van der Waals surface area (Å²) in [6, 6.07) is 6.28. The van der Waals surface area contributed by atoms with Crippen LogP contribution < -0.4 is 21.2 Å². The van der Waals surface area contributed by atoms with Crippen LogP contribution in [0.15, 0.2) is 51.3 Å². The number of phenolic OH excluding ortho intramolecular Hbond substituents is 1. The molecule has 1 aromatic carbocycles. The van der Waals surface area contributed by atoms with Crippen molar-refractivity contribution in [1.29, 1.82) is 0 Å². The minimum absolute atomic E-state index is 0.0191. The number of carbonyl (C=O) groups excluding carboxylic acids is 1. The molecule has 0 saturated carbocycles. The molecule has 0 spiro atoms. The van der Waals surface area contributed by atoms with Gasteiger partial charge in [-0.1, -0.05) is 12.1 Å². The number of anilines is 1. The molecule has 38 heavy (non-hydrogen) atoms. The summed E-state index contributed by atoms with van der Waals surface area (Å²) in [5.74, 6) is 0.0557. The van der Waals surface area contributed by atoms with Gasteiger partial charge in [0.2, 0.25) is 0 Å². The molecule has 0 bridgehead atoms. The van der Waals surface area contributed by atoms with E-state index in [1.807, 2.05) is 13.0 Å². The number of nitrogens with zero attached hydrogens (tertiary/aromatic N) is 1. The fourth-order valence-corrected chi connectivity index (χ4v) is 4.64. The van der Waals surface area contributed by atoms with Crippen molar-refractivity contribution in [3.8, 4) is 11.5 Å². The summed E-state index contributed by atoms with van der Waals surface area (Å²) in [5.41, 5.74) is 6.15. The predicted molar refractivity (Wildman–Crippen MR) is 142 cm³/mol. The van der Waals surface area contributed by atoms with Crippen LogP contribution in [0.25, 0.3) is 11.0 Å². The number of pyridine rings is 1. The molecule has 0 saturated heterocycles. The number of aromatic nitrogens is 1. The second-order valence-corrected chi connectivity index (χ2v) is 9.58. The lowest BCUT2D eigenvalue weighted by Crippen LogP contribution is -2.51. The number of nitrogens with one attached hydrogen (secondary N) is 1. The van der Waals surface area contributed by atoms with E-state index >= 15 is 0 Å². The van der Waals surface area contributed by atoms with Gasteiger partial charge in [0.15, 0.2) is 5.43 Å². The SMILES string of the molecule is CC=C(CCNC)C(=O)OC1Cc2c(cc3oc(CO)cc(=O)c3c2O)OC1(C)CCc1ccc(N)nc1. The minimum atomic E-state index is -0.985. The molecular weight excluding hydrogens is 490 g/mol. The van der Waals surface area contributed by atoms with Gasteiger partial charge < -0.3 is 35.2 Å². The molecule has 0 radical (unpaired) electrons. The highest BCUT2D eigenvalue weighted by molar-refractivity contribution is 5.89. The zero-order valence-corrected chi connectivity index (χ0v) is 21.7. The Morgan fingerprint density at radius 2 is 2.16 bits per heavy atom. The smallest absolute Gasteiger partial charge is 0.334 e. The summed E-state index contributed by atoms with van der Waals surface area (Å²) in [4.78, 5) is 30.0. The zero-order valence-electron chi connectivity index (χ0n) is 21.7. The summed E-state index contributed by atoms with van der Waals surface area (Å²) >= 11 is 0. The van der Waals surface area contributed by atoms with E-state index in [1.165, 1.54) is 6.07 Å². The lowest BCUT2D eigenvalue weighted by atomic mass is 9.84. The number of allylic oxidation sites excluding steroid dienone is 1. The Balaban J connectivity index is 1.73. The standard InChI is InChI=1S/C28H33N3O7/c1-4-17(8-10-30-3)27(35)37-23-12-19-21(13-22-25(26(19)34)20(33)11-18(15-32)36-22)38-28(23,2)9-7-16-5-6-24(29)31-14-16/h4-6,11,13-14,23,30,32,34H,7-10,12,15H2,1-3H3,(H2,29,31). The summed E-state index contributed by atoms with van der Waals surface area (Å²) in [6.07, 6.45) is 4.29. The molecular formula is C28H33N3O7. The van der Waals surface area contributed by atoms with E-state index in [-0.39, 0.29) is 28.9 Å². The van der Waals surface area contributed by atoms with Crippen LogP contribution in [0.5, 0.6) is 11.5 Å². The van der Waals surface area contributed by atoms with Crippen molar-refractivity contribution in [3.63, 3.8) is 0 Å². The van der Waals surface area contributed by atoms with E-state index in [2.05, 4.69) is 10.3 Å². The molecule has 10 nitrogen and oxygen atoms in total. The Morgan fingerprint density at radius 1 is 1.37 bits per heavy atom. The van der Waals surface area contributed by atoms with Gasteiger partial charge >= 0.3 is 5.97 Å². The Bertz CT molecular complexity index is 1410. The number of hydrogen-bond acceptors (Lipinski definition) is 10. The highest BCUT2D eigenvalue weighted by Gasteiger charge is 2.45. The van der Waals surface area contributed by atoms with Crippen LogP contribution in [-0.4, -0.2) is 46.5 Å². The average Bonchev–Trinajstić information content (AvgIpc) is 2.89. The summed E-state index contributed by atoms with van der Waals surface area (Å²) in [5, 5.41) is 23.5. The van der Waals surface area contributed by atoms with Crippen molar-refractivity contribution in [2.75, 3.05) is 19.3 Å². The number of nitrogen functional groups attached to an aromatic ring is 1. The molecule has 1 aliphatic rings. The van der Waals surface area contributed by atoms with Crippen molar-refractivity contribution in [2.45, 2.75) is 57.8 Å². The lowest BCUT2D eigenvalue weighted by Gasteiger charge is -2.42. The topological polar surface area (TPSA) is 157 Å². The molecule has 2 unspecified atom stereocenters. The number of ether oxygens (including phenoxy) is 2. The third-order valence-corrected chi connectivity index (χ3v) is 6.94. The zero-order chi connectivity index (χ0) is 27.4. The highest BCUT2D eigenvalue weighted by Crippen LogP contribution is 2.44. The Morgan fingerprint density at radius 3 is 2.82 bits per heavy atom. The van der Waals surface area contributed by atoms with Crippen molar-refractivity contribution in [3.05, 3.63) is 69.2 Å². The minimum Gasteiger partial charge on any atom is -0.507 e. The maximum Gasteiger partial charge on any atom is 0.334 e. The molecule has 5 N–H and O–H groups in total. The molecule has 3 aromatic rings. The first kappa shape index (κ1) is 27.2. The first-order valence-corrected chi connectivity index (χ1v) is 12.5. The van der Waals surface area contributed by atoms with Gasteiger partial charge in [-0.3, -0.25) is 4.79 Å². The molecule has 202 valence electrons. The van der Waals surface area contributed by atoms with Gasteiger partial charge in [-0.05, 0) is 58.3 Å². The van der Waals surface area contributed by atoms with Gasteiger partial charge in [0.1, 0.15) is 52.4 Å². The lowest BCUT2D eigenvalue weighted by molar-refractivity contribution is -0.159.